The van der Waals surface area contributed by atoms with Gasteiger partial charge in [-0.1, -0.05) is 18.2 Å². The number of fused-ring (bicyclic) bond motifs is 2. The summed E-state index contributed by atoms with van der Waals surface area (Å²) in [6, 6.07) is 17.8. The van der Waals surface area contributed by atoms with Gasteiger partial charge in [-0.3, -0.25) is 4.79 Å². The van der Waals surface area contributed by atoms with Crippen LogP contribution in [0.25, 0.3) is 21.2 Å². The topological polar surface area (TPSA) is 66.5 Å². The van der Waals surface area contributed by atoms with Crippen molar-refractivity contribution in [3.8, 4) is 34.1 Å². The number of ether oxygens (including phenoxy) is 5. The molecule has 0 spiro atoms. The van der Waals surface area contributed by atoms with Crippen LogP contribution in [0.15, 0.2) is 60.0 Å². The lowest BCUT2D eigenvalue weighted by Crippen LogP contribution is -2.32. The second kappa shape index (κ2) is 10.6. The molecule has 2 aliphatic rings. The first-order chi connectivity index (χ1) is 18.6. The summed E-state index contributed by atoms with van der Waals surface area (Å²) in [6.45, 7) is 2.44. The number of thiophene rings is 1. The summed E-state index contributed by atoms with van der Waals surface area (Å²) < 4.78 is 30.2. The van der Waals surface area contributed by atoms with Gasteiger partial charge < -0.3 is 28.6 Å². The van der Waals surface area contributed by atoms with E-state index in [-0.39, 0.29) is 12.0 Å². The van der Waals surface area contributed by atoms with Crippen molar-refractivity contribution in [2.45, 2.75) is 19.1 Å². The highest BCUT2D eigenvalue weighted by Gasteiger charge is 2.27. The zero-order valence-electron chi connectivity index (χ0n) is 21.4. The van der Waals surface area contributed by atoms with Crippen molar-refractivity contribution in [3.05, 3.63) is 71.1 Å². The third kappa shape index (κ3) is 4.77. The largest absolute Gasteiger partial charge is 0.497 e. The summed E-state index contributed by atoms with van der Waals surface area (Å²) in [6.07, 6.45) is 0.810. The highest BCUT2D eigenvalue weighted by molar-refractivity contribution is 7.17. The van der Waals surface area contributed by atoms with E-state index >= 15 is 0 Å². The highest BCUT2D eigenvalue weighted by atomic mass is 32.1. The number of methoxy groups -OCH3 is 2. The number of rotatable bonds is 6. The van der Waals surface area contributed by atoms with Crippen LogP contribution in [-0.4, -0.2) is 57.5 Å². The molecule has 0 saturated carbocycles. The first-order valence-corrected chi connectivity index (χ1v) is 13.5. The lowest BCUT2D eigenvalue weighted by molar-refractivity contribution is 0.0732. The monoisotopic (exact) mass is 531 g/mol. The Hall–Kier alpha value is -3.75. The van der Waals surface area contributed by atoms with Gasteiger partial charge in [0.15, 0.2) is 11.5 Å². The maximum absolute atomic E-state index is 13.7. The van der Waals surface area contributed by atoms with Crippen LogP contribution in [0.1, 0.15) is 22.3 Å². The van der Waals surface area contributed by atoms with E-state index in [4.69, 9.17) is 23.7 Å². The van der Waals surface area contributed by atoms with Gasteiger partial charge in [0.1, 0.15) is 24.2 Å². The molecular formula is C30H29NO6S. The quantitative estimate of drug-likeness (QED) is 0.314. The number of hydrogen-bond donors (Lipinski definition) is 0. The fraction of sp³-hybridized carbons (Fsp3) is 0.300. The van der Waals surface area contributed by atoms with Crippen molar-refractivity contribution >= 4 is 27.3 Å². The van der Waals surface area contributed by atoms with E-state index in [2.05, 4.69) is 41.8 Å². The Kier molecular flexibility index (Phi) is 6.82. The van der Waals surface area contributed by atoms with Crippen molar-refractivity contribution < 1.29 is 28.5 Å². The van der Waals surface area contributed by atoms with Crippen molar-refractivity contribution in [1.29, 1.82) is 0 Å². The third-order valence-corrected chi connectivity index (χ3v) is 7.92. The predicted molar refractivity (Wildman–Crippen MR) is 147 cm³/mol. The standard InChI is InChI=1S/C30H29NO6S/c1-33-23-12-20(13-24(15-23)34-2)30(32)31-8-10-36-29-21(16-31)11-19(14-27(29)37-22-7-9-35-17-22)26-18-38-28-6-4-3-5-25(26)28/h3-6,11-15,18,22H,7-10,16-17H2,1-2H3. The Labute approximate surface area is 225 Å². The first-order valence-electron chi connectivity index (χ1n) is 12.7. The van der Waals surface area contributed by atoms with Crippen LogP contribution in [-0.2, 0) is 11.3 Å². The van der Waals surface area contributed by atoms with Gasteiger partial charge in [0, 0.05) is 45.8 Å². The van der Waals surface area contributed by atoms with Crippen molar-refractivity contribution in [2.75, 3.05) is 40.6 Å². The lowest BCUT2D eigenvalue weighted by atomic mass is 10.0. The van der Waals surface area contributed by atoms with E-state index in [9.17, 15) is 4.79 Å². The van der Waals surface area contributed by atoms with Crippen LogP contribution in [0.2, 0.25) is 0 Å². The Morgan fingerprint density at radius 1 is 1.03 bits per heavy atom. The fourth-order valence-corrected chi connectivity index (χ4v) is 5.97. The summed E-state index contributed by atoms with van der Waals surface area (Å²) in [5.41, 5.74) is 3.59. The second-order valence-corrected chi connectivity index (χ2v) is 10.3. The maximum atomic E-state index is 13.7. The van der Waals surface area contributed by atoms with Gasteiger partial charge in [0.25, 0.3) is 5.91 Å². The highest BCUT2D eigenvalue weighted by Crippen LogP contribution is 2.42. The van der Waals surface area contributed by atoms with Gasteiger partial charge in [-0.2, -0.15) is 0 Å². The number of nitrogens with zero attached hydrogens (tertiary/aromatic N) is 1. The fourth-order valence-electron chi connectivity index (χ4n) is 5.00. The molecule has 3 aromatic carbocycles. The minimum absolute atomic E-state index is 0.0256. The zero-order valence-corrected chi connectivity index (χ0v) is 22.2. The predicted octanol–water partition coefficient (Wildman–Crippen LogP) is 5.79. The summed E-state index contributed by atoms with van der Waals surface area (Å²) in [5.74, 6) is 2.41. The first kappa shape index (κ1) is 24.6. The van der Waals surface area contributed by atoms with Crippen LogP contribution < -0.4 is 18.9 Å². The van der Waals surface area contributed by atoms with Gasteiger partial charge in [0.05, 0.1) is 34.0 Å². The Bertz CT molecular complexity index is 1450. The summed E-state index contributed by atoms with van der Waals surface area (Å²) in [7, 11) is 3.15. The molecule has 196 valence electrons. The summed E-state index contributed by atoms with van der Waals surface area (Å²) in [4.78, 5) is 15.5. The van der Waals surface area contributed by atoms with Crippen LogP contribution in [0.3, 0.4) is 0 Å². The van der Waals surface area contributed by atoms with Crippen LogP contribution in [0, 0.1) is 0 Å². The number of amides is 1. The zero-order chi connectivity index (χ0) is 26.1. The molecule has 0 bridgehead atoms. The van der Waals surface area contributed by atoms with Crippen LogP contribution >= 0.6 is 11.3 Å². The minimum atomic E-state index is -0.114. The van der Waals surface area contributed by atoms with E-state index in [1.165, 1.54) is 10.1 Å². The molecule has 8 heteroatoms. The Morgan fingerprint density at radius 3 is 2.61 bits per heavy atom. The molecule has 0 aliphatic carbocycles. The average Bonchev–Trinajstić information content (AvgIpc) is 3.57. The molecule has 1 saturated heterocycles. The molecule has 1 amide bonds. The van der Waals surface area contributed by atoms with E-state index in [1.807, 2.05) is 0 Å². The van der Waals surface area contributed by atoms with Gasteiger partial charge in [-0.25, -0.2) is 0 Å². The maximum Gasteiger partial charge on any atom is 0.254 e. The van der Waals surface area contributed by atoms with Crippen molar-refractivity contribution in [1.82, 2.24) is 4.90 Å². The van der Waals surface area contributed by atoms with Gasteiger partial charge in [0.2, 0.25) is 0 Å². The third-order valence-electron chi connectivity index (χ3n) is 6.96. The van der Waals surface area contributed by atoms with E-state index < -0.39 is 0 Å². The molecular weight excluding hydrogens is 502 g/mol. The van der Waals surface area contributed by atoms with E-state index in [1.54, 1.807) is 48.7 Å². The number of benzene rings is 3. The SMILES string of the molecule is COc1cc(OC)cc(C(=O)N2CCOc3c(cc(-c4csc5ccccc45)cc3OC3CCOC3)C2)c1. The van der Waals surface area contributed by atoms with Crippen molar-refractivity contribution in [3.63, 3.8) is 0 Å². The molecule has 0 N–H and O–H groups in total. The second-order valence-electron chi connectivity index (χ2n) is 9.39. The molecule has 6 rings (SSSR count). The summed E-state index contributed by atoms with van der Waals surface area (Å²) >= 11 is 1.72. The van der Waals surface area contributed by atoms with Gasteiger partial charge >= 0.3 is 0 Å². The molecule has 1 atom stereocenters. The Balaban J connectivity index is 1.40. The molecule has 2 aliphatic heterocycles. The molecule has 4 aromatic rings. The van der Waals surface area contributed by atoms with Crippen LogP contribution in [0.4, 0.5) is 0 Å². The van der Waals surface area contributed by atoms with E-state index in [0.29, 0.717) is 61.5 Å². The van der Waals surface area contributed by atoms with E-state index in [0.717, 1.165) is 23.1 Å². The number of carbonyl (C=O) groups excluding carboxylic acids is 1. The number of carbonyl (C=O) groups is 1. The molecule has 1 unspecified atom stereocenters. The lowest BCUT2D eigenvalue weighted by Gasteiger charge is -2.21. The molecule has 1 fully saturated rings. The average molecular weight is 532 g/mol. The molecule has 38 heavy (non-hydrogen) atoms. The minimum Gasteiger partial charge on any atom is -0.497 e. The molecule has 3 heterocycles. The van der Waals surface area contributed by atoms with Gasteiger partial charge in [-0.15, -0.1) is 11.3 Å². The van der Waals surface area contributed by atoms with Crippen molar-refractivity contribution in [2.24, 2.45) is 0 Å². The smallest absolute Gasteiger partial charge is 0.254 e. The summed E-state index contributed by atoms with van der Waals surface area (Å²) in [5, 5.41) is 3.37. The number of hydrogen-bond acceptors (Lipinski definition) is 7. The van der Waals surface area contributed by atoms with Gasteiger partial charge in [-0.05, 0) is 41.3 Å². The normalized spacial score (nSPS) is 17.0. The van der Waals surface area contributed by atoms with Crippen LogP contribution in [0.5, 0.6) is 23.0 Å². The molecule has 7 nitrogen and oxygen atoms in total. The Morgan fingerprint density at radius 2 is 1.84 bits per heavy atom. The molecule has 0 radical (unpaired) electrons. The molecule has 1 aromatic heterocycles.